The molecular formula is C19H23Cl2N3O2. The molecule has 140 valence electrons. The van der Waals surface area contributed by atoms with Gasteiger partial charge in [0, 0.05) is 23.8 Å². The number of Topliss-reactive ketones (excluding diaryl/α,β-unsaturated/α-hetero) is 1. The SMILES string of the molecule is Cc1cc(CC(=O)CN2CC(C)OC(C)C2)nn1-c1ccc(Cl)cc1Cl. The highest BCUT2D eigenvalue weighted by Crippen LogP contribution is 2.25. The molecule has 5 nitrogen and oxygen atoms in total. The van der Waals surface area contributed by atoms with Crippen LogP contribution in [0.4, 0.5) is 0 Å². The number of hydrogen-bond acceptors (Lipinski definition) is 4. The van der Waals surface area contributed by atoms with E-state index in [2.05, 4.69) is 10.00 Å². The number of carbonyl (C=O) groups is 1. The molecule has 1 aliphatic rings. The van der Waals surface area contributed by atoms with Gasteiger partial charge in [0.2, 0.25) is 0 Å². The van der Waals surface area contributed by atoms with E-state index in [0.29, 0.717) is 23.0 Å². The Balaban J connectivity index is 1.68. The molecule has 7 heteroatoms. The van der Waals surface area contributed by atoms with Crippen molar-refractivity contribution in [1.82, 2.24) is 14.7 Å². The van der Waals surface area contributed by atoms with Gasteiger partial charge in [0.25, 0.3) is 0 Å². The van der Waals surface area contributed by atoms with Crippen LogP contribution < -0.4 is 0 Å². The number of halogens is 2. The number of rotatable bonds is 5. The lowest BCUT2D eigenvalue weighted by molar-refractivity contribution is -0.123. The van der Waals surface area contributed by atoms with Gasteiger partial charge in [0.05, 0.1) is 41.6 Å². The molecular weight excluding hydrogens is 373 g/mol. The van der Waals surface area contributed by atoms with Crippen molar-refractivity contribution < 1.29 is 9.53 Å². The normalized spacial score (nSPS) is 21.1. The summed E-state index contributed by atoms with van der Waals surface area (Å²) in [4.78, 5) is 14.6. The Bertz CT molecular complexity index is 796. The van der Waals surface area contributed by atoms with Crippen molar-refractivity contribution in [3.63, 3.8) is 0 Å². The average Bonchev–Trinajstić information content (AvgIpc) is 2.86. The maximum Gasteiger partial charge on any atom is 0.152 e. The van der Waals surface area contributed by atoms with Crippen LogP contribution in [0.5, 0.6) is 0 Å². The minimum atomic E-state index is 0.151. The van der Waals surface area contributed by atoms with Crippen LogP contribution in [0.2, 0.25) is 10.0 Å². The van der Waals surface area contributed by atoms with E-state index >= 15 is 0 Å². The predicted octanol–water partition coefficient (Wildman–Crippen LogP) is 3.71. The molecule has 1 aliphatic heterocycles. The number of benzene rings is 1. The van der Waals surface area contributed by atoms with Crippen molar-refractivity contribution in [3.05, 3.63) is 45.7 Å². The molecule has 0 amide bonds. The molecule has 3 rings (SSSR count). The molecule has 2 aromatic rings. The molecule has 1 aromatic carbocycles. The van der Waals surface area contributed by atoms with Gasteiger partial charge >= 0.3 is 0 Å². The second-order valence-electron chi connectivity index (χ2n) is 6.95. The van der Waals surface area contributed by atoms with Crippen molar-refractivity contribution in [3.8, 4) is 5.69 Å². The quantitative estimate of drug-likeness (QED) is 0.773. The Labute approximate surface area is 163 Å². The van der Waals surface area contributed by atoms with Crippen molar-refractivity contribution in [2.24, 2.45) is 0 Å². The first-order valence-corrected chi connectivity index (χ1v) is 9.48. The van der Waals surface area contributed by atoms with Crippen LogP contribution in [0.3, 0.4) is 0 Å². The summed E-state index contributed by atoms with van der Waals surface area (Å²) in [5, 5.41) is 5.66. The summed E-state index contributed by atoms with van der Waals surface area (Å²) in [7, 11) is 0. The van der Waals surface area contributed by atoms with E-state index in [1.807, 2.05) is 32.9 Å². The molecule has 2 heterocycles. The van der Waals surface area contributed by atoms with E-state index in [4.69, 9.17) is 27.9 Å². The fraction of sp³-hybridized carbons (Fsp3) is 0.474. The van der Waals surface area contributed by atoms with Gasteiger partial charge in [-0.15, -0.1) is 0 Å². The molecule has 0 radical (unpaired) electrons. The number of morpholine rings is 1. The molecule has 0 saturated carbocycles. The highest BCUT2D eigenvalue weighted by Gasteiger charge is 2.24. The van der Waals surface area contributed by atoms with E-state index in [1.54, 1.807) is 16.8 Å². The minimum absolute atomic E-state index is 0.151. The summed E-state index contributed by atoms with van der Waals surface area (Å²) >= 11 is 12.2. The minimum Gasteiger partial charge on any atom is -0.373 e. The second kappa shape index (κ2) is 8.09. The van der Waals surface area contributed by atoms with E-state index in [-0.39, 0.29) is 18.0 Å². The second-order valence-corrected chi connectivity index (χ2v) is 7.80. The zero-order valence-electron chi connectivity index (χ0n) is 15.2. The van der Waals surface area contributed by atoms with Gasteiger partial charge in [0.15, 0.2) is 5.78 Å². The molecule has 26 heavy (non-hydrogen) atoms. The van der Waals surface area contributed by atoms with Crippen molar-refractivity contribution in [1.29, 1.82) is 0 Å². The lowest BCUT2D eigenvalue weighted by Crippen LogP contribution is -2.47. The van der Waals surface area contributed by atoms with Crippen LogP contribution in [0, 0.1) is 6.92 Å². The lowest BCUT2D eigenvalue weighted by atomic mass is 10.1. The van der Waals surface area contributed by atoms with Crippen LogP contribution in [0.15, 0.2) is 24.3 Å². The van der Waals surface area contributed by atoms with Crippen LogP contribution in [0.25, 0.3) is 5.69 Å². The van der Waals surface area contributed by atoms with Gasteiger partial charge in [-0.3, -0.25) is 9.69 Å². The van der Waals surface area contributed by atoms with E-state index in [1.165, 1.54) is 0 Å². The van der Waals surface area contributed by atoms with Crippen LogP contribution in [-0.2, 0) is 16.0 Å². The zero-order valence-corrected chi connectivity index (χ0v) is 16.7. The van der Waals surface area contributed by atoms with Gasteiger partial charge in [-0.05, 0) is 45.0 Å². The number of aromatic nitrogens is 2. The highest BCUT2D eigenvalue weighted by molar-refractivity contribution is 6.35. The number of ether oxygens (including phenoxy) is 1. The summed E-state index contributed by atoms with van der Waals surface area (Å²) in [6, 6.07) is 7.21. The van der Waals surface area contributed by atoms with E-state index in [0.717, 1.165) is 30.2 Å². The van der Waals surface area contributed by atoms with Crippen molar-refractivity contribution in [2.45, 2.75) is 39.4 Å². The van der Waals surface area contributed by atoms with Gasteiger partial charge in [-0.25, -0.2) is 4.68 Å². The maximum atomic E-state index is 12.5. The summed E-state index contributed by atoms with van der Waals surface area (Å²) in [6.45, 7) is 8.00. The van der Waals surface area contributed by atoms with Gasteiger partial charge < -0.3 is 4.74 Å². The smallest absolute Gasteiger partial charge is 0.152 e. The summed E-state index contributed by atoms with van der Waals surface area (Å²) in [5.74, 6) is 0.151. The third kappa shape index (κ3) is 4.65. The molecule has 1 saturated heterocycles. The molecule has 1 aromatic heterocycles. The first kappa shape index (κ1) is 19.4. The molecule has 0 bridgehead atoms. The number of aryl methyl sites for hydroxylation is 1. The fourth-order valence-electron chi connectivity index (χ4n) is 3.44. The zero-order chi connectivity index (χ0) is 18.8. The Morgan fingerprint density at radius 3 is 2.58 bits per heavy atom. The van der Waals surface area contributed by atoms with Crippen molar-refractivity contribution in [2.75, 3.05) is 19.6 Å². The van der Waals surface area contributed by atoms with E-state index in [9.17, 15) is 4.79 Å². The topological polar surface area (TPSA) is 47.4 Å². The molecule has 2 unspecified atom stereocenters. The third-order valence-electron chi connectivity index (χ3n) is 4.35. The first-order chi connectivity index (χ1) is 12.3. The highest BCUT2D eigenvalue weighted by atomic mass is 35.5. The summed E-state index contributed by atoms with van der Waals surface area (Å²) < 4.78 is 7.46. The van der Waals surface area contributed by atoms with Crippen LogP contribution in [-0.4, -0.2) is 52.3 Å². The summed E-state index contributed by atoms with van der Waals surface area (Å²) in [5.41, 5.74) is 2.42. The summed E-state index contributed by atoms with van der Waals surface area (Å²) in [6.07, 6.45) is 0.610. The van der Waals surface area contributed by atoms with Gasteiger partial charge in [-0.2, -0.15) is 5.10 Å². The number of ketones is 1. The average molecular weight is 396 g/mol. The fourth-order valence-corrected chi connectivity index (χ4v) is 3.93. The Kier molecular flexibility index (Phi) is 6.03. The Morgan fingerprint density at radius 1 is 1.23 bits per heavy atom. The van der Waals surface area contributed by atoms with Crippen LogP contribution >= 0.6 is 23.2 Å². The standard InChI is InChI=1S/C19H23Cl2N3O2/c1-12-6-16(22-24(12)19-5-4-15(20)7-18(19)21)8-17(25)11-23-9-13(2)26-14(3)10-23/h4-7,13-14H,8-11H2,1-3H3. The number of nitrogens with zero attached hydrogens (tertiary/aromatic N) is 3. The number of hydrogen-bond donors (Lipinski definition) is 0. The number of carbonyl (C=O) groups excluding carboxylic acids is 1. The van der Waals surface area contributed by atoms with Crippen molar-refractivity contribution >= 4 is 29.0 Å². The van der Waals surface area contributed by atoms with Gasteiger partial charge in [0.1, 0.15) is 0 Å². The van der Waals surface area contributed by atoms with Gasteiger partial charge in [-0.1, -0.05) is 23.2 Å². The van der Waals surface area contributed by atoms with E-state index < -0.39 is 0 Å². The molecule has 1 fully saturated rings. The largest absolute Gasteiger partial charge is 0.373 e. The first-order valence-electron chi connectivity index (χ1n) is 8.72. The predicted molar refractivity (Wildman–Crippen MR) is 103 cm³/mol. The van der Waals surface area contributed by atoms with Crippen LogP contribution in [0.1, 0.15) is 25.2 Å². The molecule has 0 spiro atoms. The molecule has 0 N–H and O–H groups in total. The third-order valence-corrected chi connectivity index (χ3v) is 4.89. The Morgan fingerprint density at radius 2 is 1.92 bits per heavy atom. The lowest BCUT2D eigenvalue weighted by Gasteiger charge is -2.34. The molecule has 0 aliphatic carbocycles. The molecule has 2 atom stereocenters. The monoisotopic (exact) mass is 395 g/mol. The Hall–Kier alpha value is -1.40. The maximum absolute atomic E-state index is 12.5.